The highest BCUT2D eigenvalue weighted by Crippen LogP contribution is 2.14. The molecule has 0 bridgehead atoms. The molecule has 3 nitrogen and oxygen atoms in total. The quantitative estimate of drug-likeness (QED) is 0.748. The van der Waals surface area contributed by atoms with Gasteiger partial charge in [-0.25, -0.2) is 4.39 Å². The molecule has 0 fully saturated rings. The van der Waals surface area contributed by atoms with E-state index in [1.807, 2.05) is 0 Å². The van der Waals surface area contributed by atoms with Crippen molar-refractivity contribution >= 4 is 5.78 Å². The predicted molar refractivity (Wildman–Crippen MR) is 55.4 cm³/mol. The van der Waals surface area contributed by atoms with Crippen molar-refractivity contribution in [3.05, 3.63) is 35.1 Å². The van der Waals surface area contributed by atoms with Gasteiger partial charge in [0.1, 0.15) is 5.82 Å². The van der Waals surface area contributed by atoms with Crippen molar-refractivity contribution in [2.75, 3.05) is 20.7 Å². The van der Waals surface area contributed by atoms with Gasteiger partial charge >= 0.3 is 0 Å². The second-order valence-corrected chi connectivity index (χ2v) is 3.17. The molecule has 0 aliphatic rings. The molecule has 1 aromatic carbocycles. The van der Waals surface area contributed by atoms with Crippen LogP contribution >= 0.6 is 0 Å². The maximum Gasteiger partial charge on any atom is 0.179 e. The summed E-state index contributed by atoms with van der Waals surface area (Å²) in [6.07, 6.45) is 0. The number of rotatable bonds is 5. The van der Waals surface area contributed by atoms with Gasteiger partial charge in [0.05, 0.1) is 18.7 Å². The van der Waals surface area contributed by atoms with Gasteiger partial charge in [0.25, 0.3) is 0 Å². The Kier molecular flexibility index (Phi) is 4.39. The molecule has 0 saturated heterocycles. The fourth-order valence-electron chi connectivity index (χ4n) is 1.32. The van der Waals surface area contributed by atoms with Gasteiger partial charge in [0, 0.05) is 12.7 Å². The zero-order chi connectivity index (χ0) is 11.3. The van der Waals surface area contributed by atoms with Crippen molar-refractivity contribution in [2.45, 2.75) is 6.61 Å². The number of hydrogen-bond acceptors (Lipinski definition) is 3. The first-order valence-corrected chi connectivity index (χ1v) is 4.64. The SMILES string of the molecule is CNCC(=O)c1cccc(COC)c1F. The van der Waals surface area contributed by atoms with E-state index in [0.29, 0.717) is 5.56 Å². The number of carbonyl (C=O) groups is 1. The van der Waals surface area contributed by atoms with Crippen molar-refractivity contribution in [1.29, 1.82) is 0 Å². The van der Waals surface area contributed by atoms with Crippen LogP contribution in [0.4, 0.5) is 4.39 Å². The summed E-state index contributed by atoms with van der Waals surface area (Å²) in [4.78, 5) is 11.5. The molecule has 0 aromatic heterocycles. The first-order chi connectivity index (χ1) is 7.20. The Morgan fingerprint density at radius 1 is 1.53 bits per heavy atom. The first kappa shape index (κ1) is 11.8. The molecule has 0 atom stereocenters. The van der Waals surface area contributed by atoms with Crippen LogP contribution in [-0.2, 0) is 11.3 Å². The molecule has 0 aliphatic carbocycles. The standard InChI is InChI=1S/C11H14FNO2/c1-13-6-10(14)9-5-3-4-8(7-15-2)11(9)12/h3-5,13H,6-7H2,1-2H3. The number of ether oxygens (including phenoxy) is 1. The summed E-state index contributed by atoms with van der Waals surface area (Å²) in [7, 11) is 3.14. The molecule has 82 valence electrons. The molecule has 0 aliphatic heterocycles. The van der Waals surface area contributed by atoms with Crippen LogP contribution in [0.3, 0.4) is 0 Å². The molecule has 0 heterocycles. The van der Waals surface area contributed by atoms with Gasteiger partial charge in [0.15, 0.2) is 5.78 Å². The molecule has 1 aromatic rings. The van der Waals surface area contributed by atoms with Crippen molar-refractivity contribution in [2.24, 2.45) is 0 Å². The zero-order valence-corrected chi connectivity index (χ0v) is 8.84. The maximum absolute atomic E-state index is 13.7. The van der Waals surface area contributed by atoms with Crippen molar-refractivity contribution in [3.63, 3.8) is 0 Å². The highest BCUT2D eigenvalue weighted by Gasteiger charge is 2.13. The van der Waals surface area contributed by atoms with E-state index in [2.05, 4.69) is 5.32 Å². The summed E-state index contributed by atoms with van der Waals surface area (Å²) in [6.45, 7) is 0.305. The third kappa shape index (κ3) is 2.84. The Morgan fingerprint density at radius 3 is 2.87 bits per heavy atom. The van der Waals surface area contributed by atoms with E-state index in [0.717, 1.165) is 0 Å². The minimum Gasteiger partial charge on any atom is -0.380 e. The van der Waals surface area contributed by atoms with E-state index in [1.165, 1.54) is 13.2 Å². The summed E-state index contributed by atoms with van der Waals surface area (Å²) >= 11 is 0. The molecule has 15 heavy (non-hydrogen) atoms. The van der Waals surface area contributed by atoms with E-state index < -0.39 is 5.82 Å². The van der Waals surface area contributed by atoms with Gasteiger partial charge in [0.2, 0.25) is 0 Å². The number of halogens is 1. The van der Waals surface area contributed by atoms with E-state index in [4.69, 9.17) is 4.74 Å². The Hall–Kier alpha value is -1.26. The van der Waals surface area contributed by atoms with Gasteiger partial charge in [-0.2, -0.15) is 0 Å². The van der Waals surface area contributed by atoms with Crippen LogP contribution in [0.15, 0.2) is 18.2 Å². The van der Waals surface area contributed by atoms with Crippen LogP contribution in [0.5, 0.6) is 0 Å². The van der Waals surface area contributed by atoms with Crippen LogP contribution in [0.2, 0.25) is 0 Å². The summed E-state index contributed by atoms with van der Waals surface area (Å²) in [5.41, 5.74) is 0.512. The number of hydrogen-bond donors (Lipinski definition) is 1. The normalized spacial score (nSPS) is 10.3. The lowest BCUT2D eigenvalue weighted by atomic mass is 10.1. The molecule has 1 rings (SSSR count). The van der Waals surface area contributed by atoms with Crippen molar-refractivity contribution in [3.8, 4) is 0 Å². The van der Waals surface area contributed by atoms with Gasteiger partial charge < -0.3 is 10.1 Å². The number of nitrogens with one attached hydrogen (secondary N) is 1. The number of ketones is 1. The lowest BCUT2D eigenvalue weighted by Gasteiger charge is -2.06. The van der Waals surface area contributed by atoms with Gasteiger partial charge in [-0.3, -0.25) is 4.79 Å². The number of benzene rings is 1. The van der Waals surface area contributed by atoms with Crippen LogP contribution in [0.25, 0.3) is 0 Å². The number of methoxy groups -OCH3 is 1. The van der Waals surface area contributed by atoms with Crippen LogP contribution in [0.1, 0.15) is 15.9 Å². The summed E-state index contributed by atoms with van der Waals surface area (Å²) in [6, 6.07) is 4.74. The van der Waals surface area contributed by atoms with E-state index in [9.17, 15) is 9.18 Å². The maximum atomic E-state index is 13.7. The predicted octanol–water partition coefficient (Wildman–Crippen LogP) is 1.37. The molecule has 0 unspecified atom stereocenters. The van der Waals surface area contributed by atoms with E-state index in [1.54, 1.807) is 19.2 Å². The van der Waals surface area contributed by atoms with E-state index in [-0.39, 0.29) is 24.5 Å². The number of likely N-dealkylation sites (N-methyl/N-ethyl adjacent to an activating group) is 1. The van der Waals surface area contributed by atoms with Gasteiger partial charge in [-0.05, 0) is 13.1 Å². The molecule has 0 amide bonds. The molecular weight excluding hydrogens is 197 g/mol. The van der Waals surface area contributed by atoms with Crippen molar-refractivity contribution in [1.82, 2.24) is 5.32 Å². The number of carbonyl (C=O) groups excluding carboxylic acids is 1. The lowest BCUT2D eigenvalue weighted by Crippen LogP contribution is -2.20. The average molecular weight is 211 g/mol. The van der Waals surface area contributed by atoms with Crippen LogP contribution < -0.4 is 5.32 Å². The molecule has 0 radical (unpaired) electrons. The second-order valence-electron chi connectivity index (χ2n) is 3.17. The molecular formula is C11H14FNO2. The minimum absolute atomic E-state index is 0.110. The van der Waals surface area contributed by atoms with Gasteiger partial charge in [-0.1, -0.05) is 12.1 Å². The molecule has 4 heteroatoms. The first-order valence-electron chi connectivity index (χ1n) is 4.64. The highest BCUT2D eigenvalue weighted by molar-refractivity contribution is 5.98. The molecule has 0 saturated carbocycles. The van der Waals surface area contributed by atoms with Crippen LogP contribution in [0, 0.1) is 5.82 Å². The summed E-state index contributed by atoms with van der Waals surface area (Å²) in [5.74, 6) is -0.743. The minimum atomic E-state index is -0.486. The Morgan fingerprint density at radius 2 is 2.27 bits per heavy atom. The zero-order valence-electron chi connectivity index (χ0n) is 8.84. The highest BCUT2D eigenvalue weighted by atomic mass is 19.1. The van der Waals surface area contributed by atoms with Gasteiger partial charge in [-0.15, -0.1) is 0 Å². The smallest absolute Gasteiger partial charge is 0.179 e. The summed E-state index contributed by atoms with van der Waals surface area (Å²) < 4.78 is 18.5. The third-order valence-corrected chi connectivity index (χ3v) is 2.02. The lowest BCUT2D eigenvalue weighted by molar-refractivity contribution is 0.0989. The van der Waals surface area contributed by atoms with Crippen molar-refractivity contribution < 1.29 is 13.9 Å². The fraction of sp³-hybridized carbons (Fsp3) is 0.364. The van der Waals surface area contributed by atoms with Crippen LogP contribution in [-0.4, -0.2) is 26.5 Å². The topological polar surface area (TPSA) is 38.3 Å². The summed E-state index contributed by atoms with van der Waals surface area (Å²) in [5, 5.41) is 2.70. The third-order valence-electron chi connectivity index (χ3n) is 2.02. The Bertz CT molecular complexity index is 352. The Balaban J connectivity index is 2.98. The average Bonchev–Trinajstić information content (AvgIpc) is 2.22. The molecule has 0 spiro atoms. The fourth-order valence-corrected chi connectivity index (χ4v) is 1.32. The second kappa shape index (κ2) is 5.58. The van der Waals surface area contributed by atoms with E-state index >= 15 is 0 Å². The Labute approximate surface area is 88.2 Å². The number of Topliss-reactive ketones (excluding diaryl/α,β-unsaturated/α-hetero) is 1. The monoisotopic (exact) mass is 211 g/mol. The largest absolute Gasteiger partial charge is 0.380 e. The molecule has 1 N–H and O–H groups in total.